The lowest BCUT2D eigenvalue weighted by molar-refractivity contribution is 0.102. The number of carbonyl (C=O) groups is 1. The number of rotatable bonds is 4. The monoisotopic (exact) mass is 387 g/mol. The molecule has 0 bridgehead atoms. The molecule has 0 saturated carbocycles. The number of hydrogen-bond donors (Lipinski definition) is 2. The van der Waals surface area contributed by atoms with Crippen LogP contribution in [0, 0.1) is 6.92 Å². The lowest BCUT2D eigenvalue weighted by atomic mass is 10.2. The first-order chi connectivity index (χ1) is 11.5. The van der Waals surface area contributed by atoms with E-state index in [9.17, 15) is 9.90 Å². The number of hydrogen-bond acceptors (Lipinski definition) is 3. The molecular formula is C18H18BrN3O2. The van der Waals surface area contributed by atoms with E-state index in [0.29, 0.717) is 17.8 Å². The summed E-state index contributed by atoms with van der Waals surface area (Å²) < 4.78 is 2.64. The molecule has 0 spiro atoms. The standard InChI is InChI=1S/C18H18BrN3O2/c1-3-4-14-17(22-10-12(19)6-8-16(22)20-14)18(24)21-13-7-5-11(2)9-15(13)23/h5-10,23H,3-4H2,1-2H3,(H,21,24). The molecule has 1 amide bonds. The van der Waals surface area contributed by atoms with Crippen molar-refractivity contribution in [2.75, 3.05) is 5.32 Å². The lowest BCUT2D eigenvalue weighted by Gasteiger charge is -2.09. The number of amides is 1. The minimum absolute atomic E-state index is 0.0513. The fraction of sp³-hybridized carbons (Fsp3) is 0.222. The van der Waals surface area contributed by atoms with Crippen molar-refractivity contribution in [3.8, 4) is 5.75 Å². The predicted molar refractivity (Wildman–Crippen MR) is 97.7 cm³/mol. The average Bonchev–Trinajstić information content (AvgIpc) is 2.87. The molecule has 0 aliphatic heterocycles. The third kappa shape index (κ3) is 3.14. The number of aromatic nitrogens is 2. The molecule has 0 atom stereocenters. The summed E-state index contributed by atoms with van der Waals surface area (Å²) in [4.78, 5) is 17.4. The highest BCUT2D eigenvalue weighted by molar-refractivity contribution is 9.10. The molecule has 24 heavy (non-hydrogen) atoms. The van der Waals surface area contributed by atoms with Gasteiger partial charge >= 0.3 is 0 Å². The van der Waals surface area contributed by atoms with Gasteiger partial charge in [-0.3, -0.25) is 9.20 Å². The average molecular weight is 388 g/mol. The Morgan fingerprint density at radius 3 is 2.83 bits per heavy atom. The van der Waals surface area contributed by atoms with Gasteiger partial charge in [0.15, 0.2) is 0 Å². The van der Waals surface area contributed by atoms with Gasteiger partial charge in [-0.05, 0) is 59.1 Å². The van der Waals surface area contributed by atoms with Crippen molar-refractivity contribution in [1.82, 2.24) is 9.38 Å². The van der Waals surface area contributed by atoms with Crippen LogP contribution < -0.4 is 5.32 Å². The summed E-state index contributed by atoms with van der Waals surface area (Å²) in [5, 5.41) is 12.8. The second-order valence-electron chi connectivity index (χ2n) is 5.71. The zero-order valence-corrected chi connectivity index (χ0v) is 15.1. The van der Waals surface area contributed by atoms with E-state index in [1.165, 1.54) is 0 Å². The van der Waals surface area contributed by atoms with E-state index < -0.39 is 0 Å². The van der Waals surface area contributed by atoms with Crippen molar-refractivity contribution in [3.63, 3.8) is 0 Å². The molecule has 0 saturated heterocycles. The molecule has 2 heterocycles. The Bertz CT molecular complexity index is 918. The molecule has 0 radical (unpaired) electrons. The topological polar surface area (TPSA) is 66.6 Å². The Kier molecular flexibility index (Phi) is 4.57. The van der Waals surface area contributed by atoms with Gasteiger partial charge in [-0.2, -0.15) is 0 Å². The van der Waals surface area contributed by atoms with Crippen LogP contribution in [0.2, 0.25) is 0 Å². The number of aryl methyl sites for hydroxylation is 2. The number of phenolic OH excluding ortho intramolecular Hbond substituents is 1. The maximum Gasteiger partial charge on any atom is 0.274 e. The maximum absolute atomic E-state index is 12.8. The predicted octanol–water partition coefficient (Wildman–Crippen LogP) is 4.32. The Hall–Kier alpha value is -2.34. The van der Waals surface area contributed by atoms with Crippen LogP contribution in [0.3, 0.4) is 0 Å². The number of phenols is 1. The Morgan fingerprint density at radius 2 is 2.12 bits per heavy atom. The zero-order valence-electron chi connectivity index (χ0n) is 13.5. The van der Waals surface area contributed by atoms with Crippen molar-refractivity contribution in [3.05, 3.63) is 58.0 Å². The summed E-state index contributed by atoms with van der Waals surface area (Å²) in [5.74, 6) is -0.237. The molecule has 5 nitrogen and oxygen atoms in total. The first-order valence-electron chi connectivity index (χ1n) is 7.77. The van der Waals surface area contributed by atoms with Gasteiger partial charge in [-0.25, -0.2) is 4.98 Å². The molecule has 0 aliphatic carbocycles. The maximum atomic E-state index is 12.8. The van der Waals surface area contributed by atoms with Crippen molar-refractivity contribution >= 4 is 33.2 Å². The quantitative estimate of drug-likeness (QED) is 0.655. The normalized spacial score (nSPS) is 11.0. The van der Waals surface area contributed by atoms with Crippen LogP contribution >= 0.6 is 15.9 Å². The molecule has 0 unspecified atom stereocenters. The minimum atomic E-state index is -0.289. The van der Waals surface area contributed by atoms with E-state index >= 15 is 0 Å². The van der Waals surface area contributed by atoms with Crippen LogP contribution in [0.15, 0.2) is 41.0 Å². The van der Waals surface area contributed by atoms with Gasteiger partial charge in [-0.15, -0.1) is 0 Å². The summed E-state index contributed by atoms with van der Waals surface area (Å²) in [6.45, 7) is 3.93. The summed E-state index contributed by atoms with van der Waals surface area (Å²) in [5.41, 5.74) is 3.28. The largest absolute Gasteiger partial charge is 0.506 e. The number of nitrogens with zero attached hydrogens (tertiary/aromatic N) is 2. The number of fused-ring (bicyclic) bond motifs is 1. The van der Waals surface area contributed by atoms with Crippen molar-refractivity contribution < 1.29 is 9.90 Å². The molecule has 2 aromatic heterocycles. The Balaban J connectivity index is 2.04. The van der Waals surface area contributed by atoms with Gasteiger partial charge < -0.3 is 10.4 Å². The van der Waals surface area contributed by atoms with Crippen molar-refractivity contribution in [2.45, 2.75) is 26.7 Å². The first kappa shape index (κ1) is 16.5. The Labute approximate surface area is 148 Å². The fourth-order valence-corrected chi connectivity index (χ4v) is 2.98. The lowest BCUT2D eigenvalue weighted by Crippen LogP contribution is -2.16. The summed E-state index contributed by atoms with van der Waals surface area (Å²) in [6.07, 6.45) is 3.43. The first-order valence-corrected chi connectivity index (χ1v) is 8.56. The van der Waals surface area contributed by atoms with Gasteiger partial charge in [0, 0.05) is 10.7 Å². The molecule has 1 aromatic carbocycles. The molecule has 0 aliphatic rings. The van der Waals surface area contributed by atoms with E-state index in [0.717, 1.165) is 27.8 Å². The third-order valence-electron chi connectivity index (χ3n) is 3.76. The number of anilines is 1. The Morgan fingerprint density at radius 1 is 1.33 bits per heavy atom. The number of pyridine rings is 1. The van der Waals surface area contributed by atoms with Crippen LogP contribution in [0.25, 0.3) is 5.65 Å². The molecule has 3 rings (SSSR count). The number of nitrogens with one attached hydrogen (secondary N) is 1. The van der Waals surface area contributed by atoms with Gasteiger partial charge in [0.1, 0.15) is 17.1 Å². The van der Waals surface area contributed by atoms with E-state index in [4.69, 9.17) is 0 Å². The van der Waals surface area contributed by atoms with Crippen LogP contribution in [-0.4, -0.2) is 20.4 Å². The van der Waals surface area contributed by atoms with E-state index in [1.807, 2.05) is 38.2 Å². The SMILES string of the molecule is CCCc1nc2ccc(Br)cn2c1C(=O)Nc1ccc(C)cc1O. The van der Waals surface area contributed by atoms with E-state index in [-0.39, 0.29) is 11.7 Å². The number of halogens is 1. The highest BCUT2D eigenvalue weighted by Gasteiger charge is 2.20. The molecular weight excluding hydrogens is 370 g/mol. The molecule has 124 valence electrons. The number of benzene rings is 1. The second kappa shape index (κ2) is 6.65. The number of aromatic hydroxyl groups is 1. The van der Waals surface area contributed by atoms with Crippen LogP contribution in [0.5, 0.6) is 5.75 Å². The molecule has 6 heteroatoms. The molecule has 2 N–H and O–H groups in total. The van der Waals surface area contributed by atoms with Crippen molar-refractivity contribution in [1.29, 1.82) is 0 Å². The summed E-state index contributed by atoms with van der Waals surface area (Å²) in [6, 6.07) is 8.91. The number of imidazole rings is 1. The molecule has 3 aromatic rings. The van der Waals surface area contributed by atoms with Crippen LogP contribution in [0.1, 0.15) is 35.1 Å². The highest BCUT2D eigenvalue weighted by Crippen LogP contribution is 2.26. The fourth-order valence-electron chi connectivity index (χ4n) is 2.65. The summed E-state index contributed by atoms with van der Waals surface area (Å²) >= 11 is 3.43. The van der Waals surface area contributed by atoms with Gasteiger partial charge in [0.2, 0.25) is 0 Å². The second-order valence-corrected chi connectivity index (χ2v) is 6.62. The molecule has 0 fully saturated rings. The van der Waals surface area contributed by atoms with Crippen molar-refractivity contribution in [2.24, 2.45) is 0 Å². The third-order valence-corrected chi connectivity index (χ3v) is 4.23. The smallest absolute Gasteiger partial charge is 0.274 e. The summed E-state index contributed by atoms with van der Waals surface area (Å²) in [7, 11) is 0. The number of carbonyl (C=O) groups excluding carboxylic acids is 1. The van der Waals surface area contributed by atoms with E-state index in [1.54, 1.807) is 16.5 Å². The minimum Gasteiger partial charge on any atom is -0.506 e. The van der Waals surface area contributed by atoms with Crippen LogP contribution in [-0.2, 0) is 6.42 Å². The van der Waals surface area contributed by atoms with Gasteiger partial charge in [0.05, 0.1) is 11.4 Å². The van der Waals surface area contributed by atoms with E-state index in [2.05, 4.69) is 26.2 Å². The highest BCUT2D eigenvalue weighted by atomic mass is 79.9. The zero-order chi connectivity index (χ0) is 17.3. The van der Waals surface area contributed by atoms with Crippen LogP contribution in [0.4, 0.5) is 5.69 Å². The van der Waals surface area contributed by atoms with Gasteiger partial charge in [-0.1, -0.05) is 19.4 Å². The van der Waals surface area contributed by atoms with Gasteiger partial charge in [0.25, 0.3) is 5.91 Å².